The number of aliphatic hydroxyl groups excluding tert-OH is 1. The van der Waals surface area contributed by atoms with Gasteiger partial charge in [-0.25, -0.2) is 0 Å². The molecule has 1 aliphatic heterocycles. The SMILES string of the molecule is C=C1C[C@@H](CC(=O)OC)OC(C)[C@H]1O. The molecule has 0 saturated carbocycles. The molecule has 0 bridgehead atoms. The van der Waals surface area contributed by atoms with Crippen molar-refractivity contribution in [3.63, 3.8) is 0 Å². The van der Waals surface area contributed by atoms with Gasteiger partial charge >= 0.3 is 5.97 Å². The minimum Gasteiger partial charge on any atom is -0.469 e. The van der Waals surface area contributed by atoms with E-state index in [2.05, 4.69) is 11.3 Å². The van der Waals surface area contributed by atoms with Crippen LogP contribution >= 0.6 is 0 Å². The van der Waals surface area contributed by atoms with Gasteiger partial charge < -0.3 is 14.6 Å². The van der Waals surface area contributed by atoms with Gasteiger partial charge in [0.2, 0.25) is 0 Å². The van der Waals surface area contributed by atoms with Gasteiger partial charge in [0.1, 0.15) is 6.10 Å². The molecule has 4 nitrogen and oxygen atoms in total. The Morgan fingerprint density at radius 3 is 2.93 bits per heavy atom. The third kappa shape index (κ3) is 2.56. The Morgan fingerprint density at radius 1 is 1.79 bits per heavy atom. The maximum atomic E-state index is 11.0. The topological polar surface area (TPSA) is 55.8 Å². The van der Waals surface area contributed by atoms with E-state index in [9.17, 15) is 9.90 Å². The number of ether oxygens (including phenoxy) is 2. The van der Waals surface area contributed by atoms with Gasteiger partial charge in [-0.05, 0) is 18.9 Å². The Labute approximate surface area is 83.5 Å². The van der Waals surface area contributed by atoms with Crippen molar-refractivity contribution in [2.24, 2.45) is 0 Å². The fraction of sp³-hybridized carbons (Fsp3) is 0.700. The van der Waals surface area contributed by atoms with Crippen LogP contribution in [0.3, 0.4) is 0 Å². The molecule has 0 aromatic carbocycles. The predicted molar refractivity (Wildman–Crippen MR) is 50.7 cm³/mol. The highest BCUT2D eigenvalue weighted by Crippen LogP contribution is 2.25. The molecule has 1 unspecified atom stereocenters. The first kappa shape index (κ1) is 11.2. The maximum Gasteiger partial charge on any atom is 0.308 e. The molecule has 1 heterocycles. The quantitative estimate of drug-likeness (QED) is 0.525. The van der Waals surface area contributed by atoms with Crippen LogP contribution in [0.2, 0.25) is 0 Å². The Morgan fingerprint density at radius 2 is 2.43 bits per heavy atom. The smallest absolute Gasteiger partial charge is 0.308 e. The normalized spacial score (nSPS) is 32.8. The molecule has 14 heavy (non-hydrogen) atoms. The first-order valence-electron chi connectivity index (χ1n) is 4.62. The summed E-state index contributed by atoms with van der Waals surface area (Å²) in [6.07, 6.45) is -0.407. The standard InChI is InChI=1S/C10H16O4/c1-6-4-8(5-9(11)13-3)14-7(2)10(6)12/h7-8,10,12H,1,4-5H2,2-3H3/t7?,8-,10-/m0/s1. The van der Waals surface area contributed by atoms with E-state index < -0.39 is 6.10 Å². The summed E-state index contributed by atoms with van der Waals surface area (Å²) in [5.41, 5.74) is 0.720. The van der Waals surface area contributed by atoms with Crippen molar-refractivity contribution in [1.82, 2.24) is 0 Å². The third-order valence-corrected chi connectivity index (χ3v) is 2.38. The lowest BCUT2D eigenvalue weighted by Crippen LogP contribution is -2.39. The van der Waals surface area contributed by atoms with E-state index in [1.54, 1.807) is 6.92 Å². The number of methoxy groups -OCH3 is 1. The molecule has 0 aliphatic carbocycles. The zero-order valence-corrected chi connectivity index (χ0v) is 8.53. The van der Waals surface area contributed by atoms with Crippen LogP contribution in [-0.4, -0.2) is 36.5 Å². The number of hydrogen-bond acceptors (Lipinski definition) is 4. The maximum absolute atomic E-state index is 11.0. The van der Waals surface area contributed by atoms with Crippen LogP contribution < -0.4 is 0 Å². The molecule has 1 fully saturated rings. The second kappa shape index (κ2) is 4.57. The second-order valence-corrected chi connectivity index (χ2v) is 3.55. The highest BCUT2D eigenvalue weighted by Gasteiger charge is 2.30. The van der Waals surface area contributed by atoms with Gasteiger partial charge in [-0.1, -0.05) is 6.58 Å². The van der Waals surface area contributed by atoms with Crippen molar-refractivity contribution in [1.29, 1.82) is 0 Å². The van der Waals surface area contributed by atoms with Crippen LogP contribution in [0.15, 0.2) is 12.2 Å². The zero-order chi connectivity index (χ0) is 10.7. The minimum atomic E-state index is -0.621. The van der Waals surface area contributed by atoms with E-state index >= 15 is 0 Å². The van der Waals surface area contributed by atoms with Crippen molar-refractivity contribution in [3.05, 3.63) is 12.2 Å². The van der Waals surface area contributed by atoms with Crippen molar-refractivity contribution >= 4 is 5.97 Å². The van der Waals surface area contributed by atoms with E-state index in [-0.39, 0.29) is 24.6 Å². The summed E-state index contributed by atoms with van der Waals surface area (Å²) in [5, 5.41) is 9.51. The minimum absolute atomic E-state index is 0.214. The van der Waals surface area contributed by atoms with Crippen LogP contribution in [0.1, 0.15) is 19.8 Å². The molecule has 0 aromatic rings. The molecule has 1 saturated heterocycles. The van der Waals surface area contributed by atoms with E-state index in [0.717, 1.165) is 5.57 Å². The molecule has 1 N–H and O–H groups in total. The molecule has 4 heteroatoms. The summed E-state index contributed by atoms with van der Waals surface area (Å²) in [6.45, 7) is 5.51. The van der Waals surface area contributed by atoms with Gasteiger partial charge in [0, 0.05) is 0 Å². The van der Waals surface area contributed by atoms with Crippen LogP contribution in [0.4, 0.5) is 0 Å². The monoisotopic (exact) mass is 200 g/mol. The Hall–Kier alpha value is -0.870. The molecule has 0 aromatic heterocycles. The van der Waals surface area contributed by atoms with E-state index in [4.69, 9.17) is 4.74 Å². The average molecular weight is 200 g/mol. The largest absolute Gasteiger partial charge is 0.469 e. The molecular formula is C10H16O4. The summed E-state index contributed by atoms with van der Waals surface area (Å²) >= 11 is 0. The Kier molecular flexibility index (Phi) is 3.66. The highest BCUT2D eigenvalue weighted by molar-refractivity contribution is 5.69. The lowest BCUT2D eigenvalue weighted by atomic mass is 9.95. The summed E-state index contributed by atoms with van der Waals surface area (Å²) < 4.78 is 9.97. The molecule has 0 amide bonds. The number of esters is 1. The van der Waals surface area contributed by atoms with Crippen LogP contribution in [0, 0.1) is 0 Å². The fourth-order valence-electron chi connectivity index (χ4n) is 1.56. The van der Waals surface area contributed by atoms with Crippen LogP contribution in [0.25, 0.3) is 0 Å². The molecule has 3 atom stereocenters. The predicted octanol–water partition coefficient (Wildman–Crippen LogP) is 0.644. The van der Waals surface area contributed by atoms with Crippen molar-refractivity contribution in [2.45, 2.75) is 38.1 Å². The molecule has 1 rings (SSSR count). The third-order valence-electron chi connectivity index (χ3n) is 2.38. The summed E-state index contributed by atoms with van der Waals surface area (Å²) in [4.78, 5) is 11.0. The first-order valence-corrected chi connectivity index (χ1v) is 4.62. The van der Waals surface area contributed by atoms with Crippen molar-refractivity contribution in [3.8, 4) is 0 Å². The Balaban J connectivity index is 2.50. The van der Waals surface area contributed by atoms with Crippen LogP contribution in [-0.2, 0) is 14.3 Å². The van der Waals surface area contributed by atoms with E-state index in [1.807, 2.05) is 0 Å². The number of rotatable bonds is 2. The molecular weight excluding hydrogens is 184 g/mol. The highest BCUT2D eigenvalue weighted by atomic mass is 16.5. The van der Waals surface area contributed by atoms with Crippen molar-refractivity contribution in [2.75, 3.05) is 7.11 Å². The summed E-state index contributed by atoms with van der Waals surface area (Å²) in [5.74, 6) is -0.300. The summed E-state index contributed by atoms with van der Waals surface area (Å²) in [7, 11) is 1.35. The number of carbonyl (C=O) groups excluding carboxylic acids is 1. The van der Waals surface area contributed by atoms with Crippen LogP contribution in [0.5, 0.6) is 0 Å². The molecule has 80 valence electrons. The molecule has 1 aliphatic rings. The average Bonchev–Trinajstić information content (AvgIpc) is 2.14. The zero-order valence-electron chi connectivity index (χ0n) is 8.53. The van der Waals surface area contributed by atoms with Crippen molar-refractivity contribution < 1.29 is 19.4 Å². The number of aliphatic hydroxyl groups is 1. The van der Waals surface area contributed by atoms with Gasteiger partial charge in [0.25, 0.3) is 0 Å². The lowest BCUT2D eigenvalue weighted by molar-refractivity contribution is -0.148. The Bertz CT molecular complexity index is 234. The number of carbonyl (C=O) groups is 1. The van der Waals surface area contributed by atoms with Gasteiger partial charge in [0.05, 0.1) is 25.7 Å². The van der Waals surface area contributed by atoms with Gasteiger partial charge in [-0.3, -0.25) is 4.79 Å². The second-order valence-electron chi connectivity index (χ2n) is 3.55. The lowest BCUT2D eigenvalue weighted by Gasteiger charge is -2.33. The van der Waals surface area contributed by atoms with E-state index in [1.165, 1.54) is 7.11 Å². The van der Waals surface area contributed by atoms with E-state index in [0.29, 0.717) is 6.42 Å². The van der Waals surface area contributed by atoms with Gasteiger partial charge in [0.15, 0.2) is 0 Å². The molecule has 0 spiro atoms. The van der Waals surface area contributed by atoms with Gasteiger partial charge in [-0.15, -0.1) is 0 Å². The van der Waals surface area contributed by atoms with Gasteiger partial charge in [-0.2, -0.15) is 0 Å². The molecule has 0 radical (unpaired) electrons. The fourth-order valence-corrected chi connectivity index (χ4v) is 1.56. The summed E-state index contributed by atoms with van der Waals surface area (Å²) in [6, 6.07) is 0. The number of hydrogen-bond donors (Lipinski definition) is 1. The first-order chi connectivity index (χ1) is 6.54.